The van der Waals surface area contributed by atoms with Crippen LogP contribution in [0.5, 0.6) is 11.5 Å². The van der Waals surface area contributed by atoms with Gasteiger partial charge in [-0.05, 0) is 74.2 Å². The number of carbonyl (C=O) groups is 1. The molecule has 0 unspecified atom stereocenters. The van der Waals surface area contributed by atoms with Crippen LogP contribution in [0.1, 0.15) is 24.0 Å². The lowest BCUT2D eigenvalue weighted by atomic mass is 10.1. The maximum Gasteiger partial charge on any atom is 0.471 e. The average Bonchev–Trinajstić information content (AvgIpc) is 2.79. The minimum Gasteiger partial charge on any atom is -0.497 e. The molecule has 2 aromatic rings. The summed E-state index contributed by atoms with van der Waals surface area (Å²) in [6, 6.07) is 15.7. The van der Waals surface area contributed by atoms with Crippen LogP contribution in [-0.2, 0) is 17.6 Å². The number of carbonyl (C=O) groups excluding carboxylic acids is 1. The zero-order valence-corrected chi connectivity index (χ0v) is 18.6. The Hall–Kier alpha value is -2.74. The molecule has 32 heavy (non-hydrogen) atoms. The van der Waals surface area contributed by atoms with Crippen molar-refractivity contribution < 1.29 is 27.4 Å². The minimum absolute atomic E-state index is 0.0383. The van der Waals surface area contributed by atoms with Crippen molar-refractivity contribution in [2.24, 2.45) is 0 Å². The maximum atomic E-state index is 12.4. The molecule has 8 heteroatoms. The van der Waals surface area contributed by atoms with Gasteiger partial charge in [0.25, 0.3) is 0 Å². The standard InChI is InChI=1S/C24H31F3N2O3/c1-31-21-11-7-19(8-12-21)5-3-16-29(18-15-28-23(30)24(25,26)27)17-4-6-20-9-13-22(32-2)14-10-20/h7-14H,3-6,15-18H2,1-2H3,(H,28,30). The van der Waals surface area contributed by atoms with E-state index in [1.54, 1.807) is 14.2 Å². The third-order valence-electron chi connectivity index (χ3n) is 5.17. The van der Waals surface area contributed by atoms with Crippen LogP contribution in [0, 0.1) is 0 Å². The van der Waals surface area contributed by atoms with Crippen LogP contribution in [0.25, 0.3) is 0 Å². The van der Waals surface area contributed by atoms with Gasteiger partial charge < -0.3 is 19.7 Å². The number of benzene rings is 2. The van der Waals surface area contributed by atoms with Crippen LogP contribution >= 0.6 is 0 Å². The topological polar surface area (TPSA) is 50.8 Å². The van der Waals surface area contributed by atoms with Gasteiger partial charge in [-0.25, -0.2) is 0 Å². The van der Waals surface area contributed by atoms with Crippen LogP contribution in [0.3, 0.4) is 0 Å². The van der Waals surface area contributed by atoms with Gasteiger partial charge >= 0.3 is 12.1 Å². The molecule has 0 aliphatic heterocycles. The number of nitrogens with one attached hydrogen (secondary N) is 1. The normalized spacial score (nSPS) is 11.4. The van der Waals surface area contributed by atoms with Gasteiger partial charge in [-0.3, -0.25) is 4.79 Å². The van der Waals surface area contributed by atoms with E-state index in [1.807, 2.05) is 53.8 Å². The molecule has 2 rings (SSSR count). The maximum absolute atomic E-state index is 12.4. The molecule has 5 nitrogen and oxygen atoms in total. The summed E-state index contributed by atoms with van der Waals surface area (Å²) in [5.41, 5.74) is 2.35. The summed E-state index contributed by atoms with van der Waals surface area (Å²) in [6.45, 7) is 1.80. The fourth-order valence-electron chi connectivity index (χ4n) is 3.36. The third kappa shape index (κ3) is 9.18. The van der Waals surface area contributed by atoms with Crippen molar-refractivity contribution in [2.45, 2.75) is 31.9 Å². The van der Waals surface area contributed by atoms with E-state index < -0.39 is 12.1 Å². The fourth-order valence-corrected chi connectivity index (χ4v) is 3.36. The Labute approximate surface area is 187 Å². The first-order valence-electron chi connectivity index (χ1n) is 10.6. The SMILES string of the molecule is COc1ccc(CCCN(CCCc2ccc(OC)cc2)CCNC(=O)C(F)(F)F)cc1. The van der Waals surface area contributed by atoms with Crippen LogP contribution in [0.15, 0.2) is 48.5 Å². The summed E-state index contributed by atoms with van der Waals surface area (Å²) < 4.78 is 47.6. The molecule has 0 heterocycles. The monoisotopic (exact) mass is 452 g/mol. The first kappa shape index (κ1) is 25.5. The second kappa shape index (κ2) is 13.0. The van der Waals surface area contributed by atoms with Gasteiger partial charge in [-0.2, -0.15) is 13.2 Å². The lowest BCUT2D eigenvalue weighted by Crippen LogP contribution is -2.41. The molecule has 0 spiro atoms. The third-order valence-corrected chi connectivity index (χ3v) is 5.17. The van der Waals surface area contributed by atoms with Gasteiger partial charge in [0, 0.05) is 13.1 Å². The summed E-state index contributed by atoms with van der Waals surface area (Å²) >= 11 is 0. The number of rotatable bonds is 13. The van der Waals surface area contributed by atoms with Gasteiger partial charge in [-0.1, -0.05) is 24.3 Å². The van der Waals surface area contributed by atoms with E-state index in [4.69, 9.17) is 9.47 Å². The Kier molecular flexibility index (Phi) is 10.3. The summed E-state index contributed by atoms with van der Waals surface area (Å²) in [7, 11) is 3.24. The Balaban J connectivity index is 1.83. The summed E-state index contributed by atoms with van der Waals surface area (Å²) in [5, 5.41) is 1.96. The van der Waals surface area contributed by atoms with E-state index in [-0.39, 0.29) is 6.54 Å². The number of hydrogen-bond donors (Lipinski definition) is 1. The van der Waals surface area contributed by atoms with Crippen molar-refractivity contribution in [3.05, 3.63) is 59.7 Å². The Morgan fingerprint density at radius 3 is 1.62 bits per heavy atom. The smallest absolute Gasteiger partial charge is 0.471 e. The summed E-state index contributed by atoms with van der Waals surface area (Å²) in [4.78, 5) is 13.2. The molecule has 0 aromatic heterocycles. The predicted octanol–water partition coefficient (Wildman–Crippen LogP) is 4.25. The van der Waals surface area contributed by atoms with Crippen molar-refractivity contribution in [2.75, 3.05) is 40.4 Å². The van der Waals surface area contributed by atoms with Gasteiger partial charge in [0.2, 0.25) is 0 Å². The van der Waals surface area contributed by atoms with E-state index in [9.17, 15) is 18.0 Å². The number of nitrogens with zero attached hydrogens (tertiary/aromatic N) is 1. The molecular weight excluding hydrogens is 421 g/mol. The van der Waals surface area contributed by atoms with Gasteiger partial charge in [-0.15, -0.1) is 0 Å². The average molecular weight is 453 g/mol. The van der Waals surface area contributed by atoms with Gasteiger partial charge in [0.05, 0.1) is 14.2 Å². The van der Waals surface area contributed by atoms with Crippen molar-refractivity contribution >= 4 is 5.91 Å². The molecule has 0 aliphatic carbocycles. The lowest BCUT2D eigenvalue weighted by molar-refractivity contribution is -0.173. The zero-order valence-electron chi connectivity index (χ0n) is 18.6. The van der Waals surface area contributed by atoms with E-state index in [0.29, 0.717) is 6.54 Å². The van der Waals surface area contributed by atoms with Crippen molar-refractivity contribution in [3.8, 4) is 11.5 Å². The lowest BCUT2D eigenvalue weighted by Gasteiger charge is -2.23. The summed E-state index contributed by atoms with van der Waals surface area (Å²) in [6.07, 6.45) is -1.42. The quantitative estimate of drug-likeness (QED) is 0.494. The van der Waals surface area contributed by atoms with E-state index in [0.717, 1.165) is 50.3 Å². The molecule has 1 N–H and O–H groups in total. The van der Waals surface area contributed by atoms with Crippen molar-refractivity contribution in [1.82, 2.24) is 10.2 Å². The highest BCUT2D eigenvalue weighted by Gasteiger charge is 2.38. The Morgan fingerprint density at radius 1 is 0.812 bits per heavy atom. The predicted molar refractivity (Wildman–Crippen MR) is 118 cm³/mol. The van der Waals surface area contributed by atoms with Crippen LogP contribution < -0.4 is 14.8 Å². The van der Waals surface area contributed by atoms with Gasteiger partial charge in [0.15, 0.2) is 0 Å². The van der Waals surface area contributed by atoms with Crippen molar-refractivity contribution in [3.63, 3.8) is 0 Å². The first-order valence-corrected chi connectivity index (χ1v) is 10.6. The zero-order chi connectivity index (χ0) is 23.4. The van der Waals surface area contributed by atoms with Crippen LogP contribution in [0.2, 0.25) is 0 Å². The molecule has 0 atom stereocenters. The highest BCUT2D eigenvalue weighted by molar-refractivity contribution is 5.81. The highest BCUT2D eigenvalue weighted by Crippen LogP contribution is 2.15. The van der Waals surface area contributed by atoms with Crippen molar-refractivity contribution in [1.29, 1.82) is 0 Å². The molecule has 0 radical (unpaired) electrons. The number of aryl methyl sites for hydroxylation is 2. The molecule has 0 bridgehead atoms. The number of amides is 1. The molecule has 0 aliphatic rings. The second-order valence-electron chi connectivity index (χ2n) is 7.50. The number of alkyl halides is 3. The number of ether oxygens (including phenoxy) is 2. The Bertz CT molecular complexity index is 755. The number of hydrogen-bond acceptors (Lipinski definition) is 4. The molecule has 0 fully saturated rings. The minimum atomic E-state index is -4.85. The number of halogens is 3. The van der Waals surface area contributed by atoms with E-state index in [1.165, 1.54) is 11.1 Å². The molecular formula is C24H31F3N2O3. The first-order chi connectivity index (χ1) is 15.3. The largest absolute Gasteiger partial charge is 0.497 e. The molecule has 0 saturated carbocycles. The molecule has 0 saturated heterocycles. The van der Waals surface area contributed by atoms with E-state index >= 15 is 0 Å². The fraction of sp³-hybridized carbons (Fsp3) is 0.458. The summed E-state index contributed by atoms with van der Waals surface area (Å²) in [5.74, 6) is -0.294. The highest BCUT2D eigenvalue weighted by atomic mass is 19.4. The van der Waals surface area contributed by atoms with Crippen LogP contribution in [-0.4, -0.2) is 57.4 Å². The van der Waals surface area contributed by atoms with E-state index in [2.05, 4.69) is 4.90 Å². The van der Waals surface area contributed by atoms with Gasteiger partial charge in [0.1, 0.15) is 11.5 Å². The number of methoxy groups -OCH3 is 2. The molecule has 2 aromatic carbocycles. The second-order valence-corrected chi connectivity index (χ2v) is 7.50. The molecule has 176 valence electrons. The molecule has 1 amide bonds. The Morgan fingerprint density at radius 2 is 1.25 bits per heavy atom. The van der Waals surface area contributed by atoms with Crippen LogP contribution in [0.4, 0.5) is 13.2 Å².